The van der Waals surface area contributed by atoms with Crippen molar-refractivity contribution in [2.24, 2.45) is 5.92 Å². The molecule has 1 N–H and O–H groups in total. The molecule has 1 fully saturated rings. The van der Waals surface area contributed by atoms with Crippen molar-refractivity contribution in [3.8, 4) is 0 Å². The molecule has 162 valence electrons. The van der Waals surface area contributed by atoms with Crippen LogP contribution in [0, 0.1) is 5.92 Å². The van der Waals surface area contributed by atoms with E-state index in [0.29, 0.717) is 37.4 Å². The number of carbonyl (C=O) groups is 1. The van der Waals surface area contributed by atoms with E-state index >= 15 is 0 Å². The molecule has 1 aliphatic rings. The van der Waals surface area contributed by atoms with Gasteiger partial charge in [-0.1, -0.05) is 60.7 Å². The van der Waals surface area contributed by atoms with E-state index in [1.54, 1.807) is 12.1 Å². The Labute approximate surface area is 184 Å². The van der Waals surface area contributed by atoms with Gasteiger partial charge in [-0.05, 0) is 54.2 Å². The molecular weight excluding hydrogens is 408 g/mol. The zero-order chi connectivity index (χ0) is 21.7. The van der Waals surface area contributed by atoms with Gasteiger partial charge in [0, 0.05) is 25.6 Å². The number of benzene rings is 3. The van der Waals surface area contributed by atoms with E-state index in [-0.39, 0.29) is 11.8 Å². The van der Waals surface area contributed by atoms with Crippen molar-refractivity contribution in [3.05, 3.63) is 78.4 Å². The van der Waals surface area contributed by atoms with Crippen LogP contribution in [0.5, 0.6) is 0 Å². The van der Waals surface area contributed by atoms with E-state index in [9.17, 15) is 13.2 Å². The summed E-state index contributed by atoms with van der Waals surface area (Å²) in [6, 6.07) is 23.2. The van der Waals surface area contributed by atoms with Gasteiger partial charge >= 0.3 is 0 Å². The van der Waals surface area contributed by atoms with Crippen LogP contribution in [-0.2, 0) is 21.2 Å². The zero-order valence-corrected chi connectivity index (χ0v) is 18.4. The molecule has 0 aromatic heterocycles. The molecule has 0 atom stereocenters. The van der Waals surface area contributed by atoms with Crippen LogP contribution in [0.25, 0.3) is 10.8 Å². The largest absolute Gasteiger partial charge is 0.356 e. The first-order valence-electron chi connectivity index (χ1n) is 10.8. The van der Waals surface area contributed by atoms with Gasteiger partial charge in [0.15, 0.2) is 0 Å². The average Bonchev–Trinajstić information content (AvgIpc) is 2.82. The van der Waals surface area contributed by atoms with Crippen molar-refractivity contribution in [3.63, 3.8) is 0 Å². The van der Waals surface area contributed by atoms with Crippen LogP contribution in [0.4, 0.5) is 0 Å². The van der Waals surface area contributed by atoms with Crippen molar-refractivity contribution in [1.82, 2.24) is 9.62 Å². The summed E-state index contributed by atoms with van der Waals surface area (Å²) in [5.41, 5.74) is 1.27. The molecule has 0 aliphatic carbocycles. The number of hydrogen-bond donors (Lipinski definition) is 1. The quantitative estimate of drug-likeness (QED) is 0.570. The van der Waals surface area contributed by atoms with Gasteiger partial charge in [-0.2, -0.15) is 4.31 Å². The summed E-state index contributed by atoms with van der Waals surface area (Å²) < 4.78 is 27.7. The smallest absolute Gasteiger partial charge is 0.243 e. The Balaban J connectivity index is 1.28. The van der Waals surface area contributed by atoms with Crippen molar-refractivity contribution in [1.29, 1.82) is 0 Å². The Bertz CT molecular complexity index is 1140. The van der Waals surface area contributed by atoms with Crippen LogP contribution in [0.3, 0.4) is 0 Å². The first-order chi connectivity index (χ1) is 15.0. The van der Waals surface area contributed by atoms with Gasteiger partial charge < -0.3 is 5.32 Å². The Kier molecular flexibility index (Phi) is 6.68. The van der Waals surface area contributed by atoms with E-state index in [2.05, 4.69) is 17.4 Å². The van der Waals surface area contributed by atoms with E-state index in [1.165, 1.54) is 9.87 Å². The maximum absolute atomic E-state index is 13.1. The Morgan fingerprint density at radius 3 is 2.32 bits per heavy atom. The molecule has 0 saturated carbocycles. The van der Waals surface area contributed by atoms with Gasteiger partial charge in [-0.15, -0.1) is 0 Å². The molecule has 1 saturated heterocycles. The molecule has 3 aromatic rings. The maximum atomic E-state index is 13.1. The molecule has 0 unspecified atom stereocenters. The number of nitrogens with one attached hydrogen (secondary N) is 1. The molecule has 0 bridgehead atoms. The lowest BCUT2D eigenvalue weighted by molar-refractivity contribution is -0.126. The van der Waals surface area contributed by atoms with E-state index in [0.717, 1.165) is 23.6 Å². The summed E-state index contributed by atoms with van der Waals surface area (Å²) in [6.07, 6.45) is 2.93. The summed E-state index contributed by atoms with van der Waals surface area (Å²) >= 11 is 0. The Hall–Kier alpha value is -2.70. The fourth-order valence-electron chi connectivity index (χ4n) is 4.13. The Morgan fingerprint density at radius 2 is 1.58 bits per heavy atom. The number of rotatable bonds is 7. The van der Waals surface area contributed by atoms with Crippen LogP contribution < -0.4 is 5.32 Å². The fraction of sp³-hybridized carbons (Fsp3) is 0.320. The highest BCUT2D eigenvalue weighted by molar-refractivity contribution is 7.89. The molecule has 5 nitrogen and oxygen atoms in total. The number of nitrogens with zero attached hydrogens (tertiary/aromatic N) is 1. The van der Waals surface area contributed by atoms with Crippen LogP contribution in [0.1, 0.15) is 24.8 Å². The van der Waals surface area contributed by atoms with Gasteiger partial charge in [0.05, 0.1) is 4.90 Å². The number of amides is 1. The minimum Gasteiger partial charge on any atom is -0.356 e. The molecule has 0 spiro atoms. The lowest BCUT2D eigenvalue weighted by Gasteiger charge is -2.30. The minimum absolute atomic E-state index is 0.0378. The van der Waals surface area contributed by atoms with Crippen molar-refractivity contribution < 1.29 is 13.2 Å². The fourth-order valence-corrected chi connectivity index (χ4v) is 5.63. The van der Waals surface area contributed by atoms with Gasteiger partial charge in [-0.25, -0.2) is 8.42 Å². The predicted octanol–water partition coefficient (Wildman–Crippen LogP) is 3.99. The normalized spacial score (nSPS) is 15.7. The van der Waals surface area contributed by atoms with Crippen LogP contribution in [-0.4, -0.2) is 38.3 Å². The third-order valence-corrected chi connectivity index (χ3v) is 7.86. The highest BCUT2D eigenvalue weighted by Gasteiger charge is 2.32. The highest BCUT2D eigenvalue weighted by Crippen LogP contribution is 2.26. The van der Waals surface area contributed by atoms with E-state index in [1.807, 2.05) is 48.5 Å². The van der Waals surface area contributed by atoms with Crippen LogP contribution in [0.15, 0.2) is 77.7 Å². The summed E-state index contributed by atoms with van der Waals surface area (Å²) in [5.74, 6) is -0.0874. The zero-order valence-electron chi connectivity index (χ0n) is 17.5. The third kappa shape index (κ3) is 5.14. The van der Waals surface area contributed by atoms with Crippen molar-refractivity contribution >= 4 is 26.7 Å². The first-order valence-corrected chi connectivity index (χ1v) is 12.3. The molecule has 4 rings (SSSR count). The van der Waals surface area contributed by atoms with E-state index in [4.69, 9.17) is 0 Å². The number of piperidine rings is 1. The summed E-state index contributed by atoms with van der Waals surface area (Å²) in [4.78, 5) is 12.8. The van der Waals surface area contributed by atoms with Crippen molar-refractivity contribution in [2.75, 3.05) is 19.6 Å². The second-order valence-electron chi connectivity index (χ2n) is 8.07. The number of aryl methyl sites for hydroxylation is 1. The minimum atomic E-state index is -3.55. The molecule has 0 radical (unpaired) electrons. The topological polar surface area (TPSA) is 66.5 Å². The first kappa shape index (κ1) is 21.5. The Morgan fingerprint density at radius 1 is 0.903 bits per heavy atom. The second kappa shape index (κ2) is 9.62. The summed E-state index contributed by atoms with van der Waals surface area (Å²) in [7, 11) is -3.55. The maximum Gasteiger partial charge on any atom is 0.243 e. The van der Waals surface area contributed by atoms with Crippen molar-refractivity contribution in [2.45, 2.75) is 30.6 Å². The number of hydrogen-bond acceptors (Lipinski definition) is 3. The highest BCUT2D eigenvalue weighted by atomic mass is 32.2. The van der Waals surface area contributed by atoms with Gasteiger partial charge in [0.25, 0.3) is 0 Å². The number of fused-ring (bicyclic) bond motifs is 1. The van der Waals surface area contributed by atoms with Gasteiger partial charge in [0.1, 0.15) is 0 Å². The number of carbonyl (C=O) groups excluding carboxylic acids is 1. The van der Waals surface area contributed by atoms with Gasteiger partial charge in [-0.3, -0.25) is 4.79 Å². The molecule has 31 heavy (non-hydrogen) atoms. The monoisotopic (exact) mass is 436 g/mol. The number of sulfonamides is 1. The lowest BCUT2D eigenvalue weighted by atomic mass is 9.97. The summed E-state index contributed by atoms with van der Waals surface area (Å²) in [5, 5.41) is 4.95. The molecular formula is C25H28N2O3S. The van der Waals surface area contributed by atoms with E-state index < -0.39 is 10.0 Å². The van der Waals surface area contributed by atoms with Crippen LogP contribution in [0.2, 0.25) is 0 Å². The molecule has 6 heteroatoms. The van der Waals surface area contributed by atoms with Gasteiger partial charge in [0.2, 0.25) is 15.9 Å². The molecule has 1 aliphatic heterocycles. The molecule has 1 amide bonds. The predicted molar refractivity (Wildman–Crippen MR) is 123 cm³/mol. The standard InChI is InChI=1S/C25H28N2O3S/c28-25(26-16-6-9-20-7-2-1-3-8-20)22-14-17-27(18-15-22)31(29,30)24-13-12-21-10-4-5-11-23(21)19-24/h1-5,7-8,10-13,19,22H,6,9,14-18H2,(H,26,28). The molecule has 1 heterocycles. The lowest BCUT2D eigenvalue weighted by Crippen LogP contribution is -2.43. The molecule has 3 aromatic carbocycles. The average molecular weight is 437 g/mol. The second-order valence-corrected chi connectivity index (χ2v) is 10.0. The van der Waals surface area contributed by atoms with Crippen LogP contribution >= 0.6 is 0 Å². The SMILES string of the molecule is O=C(NCCCc1ccccc1)C1CCN(S(=O)(=O)c2ccc3ccccc3c2)CC1. The third-order valence-electron chi connectivity index (χ3n) is 5.97. The summed E-state index contributed by atoms with van der Waals surface area (Å²) in [6.45, 7) is 1.39.